The van der Waals surface area contributed by atoms with Gasteiger partial charge < -0.3 is 10.4 Å². The molecule has 0 atom stereocenters. The summed E-state index contributed by atoms with van der Waals surface area (Å²) in [5.74, 6) is 0.709. The maximum absolute atomic E-state index is 10.1. The number of anilines is 1. The second-order valence-corrected chi connectivity index (χ2v) is 5.52. The highest BCUT2D eigenvalue weighted by molar-refractivity contribution is 9.10. The quantitative estimate of drug-likeness (QED) is 0.897. The van der Waals surface area contributed by atoms with Crippen LogP contribution in [0.25, 0.3) is 11.0 Å². The minimum absolute atomic E-state index is 0.514. The van der Waals surface area contributed by atoms with Gasteiger partial charge in [-0.1, -0.05) is 0 Å². The standard InChI is InChI=1S/C11H14BrN5O/c1-17-10-7(8(12)16-17)9(14-6-15-10)13-5-11(18)3-2-4-11/h6,18H,2-5H2,1H3,(H,13,14,15). The van der Waals surface area contributed by atoms with Crippen LogP contribution in [0.4, 0.5) is 5.82 Å². The van der Waals surface area contributed by atoms with Crippen molar-refractivity contribution < 1.29 is 5.11 Å². The third kappa shape index (κ3) is 1.87. The van der Waals surface area contributed by atoms with Crippen molar-refractivity contribution in [1.29, 1.82) is 0 Å². The molecule has 0 aromatic carbocycles. The molecule has 1 saturated carbocycles. The van der Waals surface area contributed by atoms with Gasteiger partial charge in [0.1, 0.15) is 16.7 Å². The van der Waals surface area contributed by atoms with Gasteiger partial charge in [-0.25, -0.2) is 14.6 Å². The van der Waals surface area contributed by atoms with E-state index >= 15 is 0 Å². The van der Waals surface area contributed by atoms with E-state index in [1.807, 2.05) is 7.05 Å². The van der Waals surface area contributed by atoms with Gasteiger partial charge in [0.25, 0.3) is 0 Å². The van der Waals surface area contributed by atoms with E-state index in [0.717, 1.165) is 30.3 Å². The fourth-order valence-electron chi connectivity index (χ4n) is 2.18. The monoisotopic (exact) mass is 311 g/mol. The van der Waals surface area contributed by atoms with E-state index in [-0.39, 0.29) is 0 Å². The molecule has 0 saturated heterocycles. The van der Waals surface area contributed by atoms with Gasteiger partial charge in [0.2, 0.25) is 0 Å². The highest BCUT2D eigenvalue weighted by Gasteiger charge is 2.34. The summed E-state index contributed by atoms with van der Waals surface area (Å²) in [7, 11) is 1.84. The second kappa shape index (κ2) is 4.17. The van der Waals surface area contributed by atoms with Crippen LogP contribution in [0.2, 0.25) is 0 Å². The minimum atomic E-state index is -0.577. The molecular weight excluding hydrogens is 298 g/mol. The highest BCUT2D eigenvalue weighted by Crippen LogP contribution is 2.33. The maximum Gasteiger partial charge on any atom is 0.164 e. The Kier molecular flexibility index (Phi) is 2.74. The Morgan fingerprint density at radius 1 is 1.50 bits per heavy atom. The minimum Gasteiger partial charge on any atom is -0.388 e. The van der Waals surface area contributed by atoms with E-state index in [4.69, 9.17) is 0 Å². The first-order valence-electron chi connectivity index (χ1n) is 5.88. The molecule has 1 fully saturated rings. The zero-order valence-electron chi connectivity index (χ0n) is 10.0. The summed E-state index contributed by atoms with van der Waals surface area (Å²) in [5, 5.41) is 18.4. The third-order valence-corrected chi connectivity index (χ3v) is 4.00. The van der Waals surface area contributed by atoms with E-state index in [1.165, 1.54) is 6.33 Å². The predicted octanol–water partition coefficient (Wildman–Crippen LogP) is 1.45. The van der Waals surface area contributed by atoms with E-state index in [0.29, 0.717) is 17.0 Å². The van der Waals surface area contributed by atoms with Crippen LogP contribution >= 0.6 is 15.9 Å². The number of hydrogen-bond acceptors (Lipinski definition) is 5. The van der Waals surface area contributed by atoms with Crippen molar-refractivity contribution in [2.45, 2.75) is 24.9 Å². The Morgan fingerprint density at radius 3 is 2.94 bits per heavy atom. The molecule has 1 aliphatic carbocycles. The molecule has 18 heavy (non-hydrogen) atoms. The summed E-state index contributed by atoms with van der Waals surface area (Å²) in [6.07, 6.45) is 4.29. The average molecular weight is 312 g/mol. The molecule has 6 nitrogen and oxygen atoms in total. The average Bonchev–Trinajstić information content (AvgIpc) is 2.61. The molecule has 3 rings (SSSR count). The van der Waals surface area contributed by atoms with Crippen LogP contribution in [0, 0.1) is 0 Å². The Labute approximate surface area is 113 Å². The Balaban J connectivity index is 1.91. The summed E-state index contributed by atoms with van der Waals surface area (Å²) < 4.78 is 2.41. The molecule has 0 bridgehead atoms. The molecule has 2 aromatic rings. The number of halogens is 1. The molecule has 0 spiro atoms. The number of aliphatic hydroxyl groups is 1. The van der Waals surface area contributed by atoms with Crippen LogP contribution in [0.3, 0.4) is 0 Å². The van der Waals surface area contributed by atoms with E-state index in [1.54, 1.807) is 4.68 Å². The second-order valence-electron chi connectivity index (χ2n) is 4.77. The molecule has 96 valence electrons. The van der Waals surface area contributed by atoms with Crippen molar-refractivity contribution in [3.05, 3.63) is 10.9 Å². The van der Waals surface area contributed by atoms with Crippen molar-refractivity contribution in [3.63, 3.8) is 0 Å². The first-order chi connectivity index (χ1) is 8.59. The van der Waals surface area contributed by atoms with Crippen LogP contribution in [0.15, 0.2) is 10.9 Å². The normalized spacial score (nSPS) is 17.7. The van der Waals surface area contributed by atoms with Gasteiger partial charge >= 0.3 is 0 Å². The Hall–Kier alpha value is -1.21. The topological polar surface area (TPSA) is 75.9 Å². The molecule has 0 amide bonds. The fourth-order valence-corrected chi connectivity index (χ4v) is 2.79. The summed E-state index contributed by atoms with van der Waals surface area (Å²) in [6, 6.07) is 0. The number of nitrogens with zero attached hydrogens (tertiary/aromatic N) is 4. The van der Waals surface area contributed by atoms with E-state index in [9.17, 15) is 5.11 Å². The van der Waals surface area contributed by atoms with Gasteiger partial charge in [-0.05, 0) is 35.2 Å². The van der Waals surface area contributed by atoms with Crippen LogP contribution in [0.1, 0.15) is 19.3 Å². The Morgan fingerprint density at radius 2 is 2.28 bits per heavy atom. The molecule has 2 aromatic heterocycles. The maximum atomic E-state index is 10.1. The van der Waals surface area contributed by atoms with Crippen molar-refractivity contribution in [3.8, 4) is 0 Å². The number of rotatable bonds is 3. The molecule has 7 heteroatoms. The van der Waals surface area contributed by atoms with Crippen molar-refractivity contribution >= 4 is 32.8 Å². The van der Waals surface area contributed by atoms with Crippen molar-refractivity contribution in [2.75, 3.05) is 11.9 Å². The lowest BCUT2D eigenvalue weighted by Crippen LogP contribution is -2.43. The molecular formula is C11H14BrN5O. The van der Waals surface area contributed by atoms with E-state index < -0.39 is 5.60 Å². The molecule has 0 aliphatic heterocycles. The SMILES string of the molecule is Cn1nc(Br)c2c(NCC3(O)CCC3)ncnc21. The molecule has 1 aliphatic rings. The largest absolute Gasteiger partial charge is 0.388 e. The van der Waals surface area contributed by atoms with Gasteiger partial charge in [-0.3, -0.25) is 0 Å². The van der Waals surface area contributed by atoms with Crippen molar-refractivity contribution in [1.82, 2.24) is 19.7 Å². The lowest BCUT2D eigenvalue weighted by Gasteiger charge is -2.36. The first-order valence-corrected chi connectivity index (χ1v) is 6.68. The van der Waals surface area contributed by atoms with E-state index in [2.05, 4.69) is 36.3 Å². The summed E-state index contributed by atoms with van der Waals surface area (Å²) in [6.45, 7) is 0.514. The van der Waals surface area contributed by atoms with Crippen LogP contribution < -0.4 is 5.32 Å². The van der Waals surface area contributed by atoms with Gasteiger partial charge in [0, 0.05) is 13.6 Å². The predicted molar refractivity (Wildman–Crippen MR) is 71.3 cm³/mol. The smallest absolute Gasteiger partial charge is 0.164 e. The third-order valence-electron chi connectivity index (χ3n) is 3.45. The van der Waals surface area contributed by atoms with Gasteiger partial charge in [0.15, 0.2) is 5.65 Å². The van der Waals surface area contributed by atoms with Crippen molar-refractivity contribution in [2.24, 2.45) is 7.05 Å². The van der Waals surface area contributed by atoms with Gasteiger partial charge in [-0.15, -0.1) is 0 Å². The first kappa shape index (κ1) is 11.9. The fraction of sp³-hybridized carbons (Fsp3) is 0.545. The van der Waals surface area contributed by atoms with Gasteiger partial charge in [0.05, 0.1) is 11.0 Å². The summed E-state index contributed by atoms with van der Waals surface area (Å²) in [5.41, 5.74) is 0.186. The number of aromatic nitrogens is 4. The lowest BCUT2D eigenvalue weighted by atomic mass is 9.80. The summed E-state index contributed by atoms with van der Waals surface area (Å²) in [4.78, 5) is 8.42. The molecule has 2 N–H and O–H groups in total. The number of aryl methyl sites for hydroxylation is 1. The molecule has 0 unspecified atom stereocenters. The summed E-state index contributed by atoms with van der Waals surface area (Å²) >= 11 is 3.41. The number of nitrogens with one attached hydrogen (secondary N) is 1. The molecule has 2 heterocycles. The van der Waals surface area contributed by atoms with Crippen LogP contribution in [-0.4, -0.2) is 37.0 Å². The van der Waals surface area contributed by atoms with Crippen LogP contribution in [0.5, 0.6) is 0 Å². The van der Waals surface area contributed by atoms with Crippen LogP contribution in [-0.2, 0) is 7.05 Å². The lowest BCUT2D eigenvalue weighted by molar-refractivity contribution is -0.0202. The van der Waals surface area contributed by atoms with Gasteiger partial charge in [-0.2, -0.15) is 5.10 Å². The zero-order valence-corrected chi connectivity index (χ0v) is 11.6. The zero-order chi connectivity index (χ0) is 12.8. The highest BCUT2D eigenvalue weighted by atomic mass is 79.9. The number of fused-ring (bicyclic) bond motifs is 1. The molecule has 0 radical (unpaired) electrons. The Bertz CT molecular complexity index is 592. The number of hydrogen-bond donors (Lipinski definition) is 2.